The first-order valence-electron chi connectivity index (χ1n) is 21.4. The molecule has 11 rings (SSSR count). The van der Waals surface area contributed by atoms with Crippen molar-refractivity contribution >= 4 is 49.0 Å². The van der Waals surface area contributed by atoms with E-state index in [9.17, 15) is 0 Å². The fraction of sp³-hybridized carbons (Fsp3) is 0.125. The molecule has 0 saturated heterocycles. The predicted octanol–water partition coefficient (Wildman–Crippen LogP) is 14.8. The first-order valence-corrected chi connectivity index (χ1v) is 22.2. The van der Waals surface area contributed by atoms with Gasteiger partial charge in [0.05, 0.1) is 26.9 Å². The molecular formula is C56H45N5S. The molecule has 62 heavy (non-hydrogen) atoms. The lowest BCUT2D eigenvalue weighted by Crippen LogP contribution is -2.37. The maximum Gasteiger partial charge on any atom is 0.162 e. The van der Waals surface area contributed by atoms with Crippen LogP contribution in [0.4, 0.5) is 5.69 Å². The van der Waals surface area contributed by atoms with Crippen molar-refractivity contribution in [1.29, 1.82) is 0 Å². The molecule has 0 spiro atoms. The Labute approximate surface area is 366 Å². The predicted molar refractivity (Wildman–Crippen MR) is 260 cm³/mol. The van der Waals surface area contributed by atoms with Crippen LogP contribution in [0.5, 0.6) is 0 Å². The van der Waals surface area contributed by atoms with Crippen molar-refractivity contribution in [3.8, 4) is 39.0 Å². The van der Waals surface area contributed by atoms with E-state index < -0.39 is 0 Å². The topological polar surface area (TPSA) is 46.8 Å². The Kier molecular flexibility index (Phi) is 9.20. The van der Waals surface area contributed by atoms with Gasteiger partial charge >= 0.3 is 0 Å². The van der Waals surface area contributed by atoms with E-state index in [0.717, 1.165) is 60.9 Å². The van der Waals surface area contributed by atoms with Crippen LogP contribution in [0.15, 0.2) is 199 Å². The summed E-state index contributed by atoms with van der Waals surface area (Å²) in [7, 11) is 0. The molecule has 5 nitrogen and oxygen atoms in total. The number of thiazole rings is 1. The van der Waals surface area contributed by atoms with Crippen LogP contribution in [-0.2, 0) is 5.41 Å². The van der Waals surface area contributed by atoms with Gasteiger partial charge in [0, 0.05) is 61.9 Å². The van der Waals surface area contributed by atoms with Gasteiger partial charge in [-0.2, -0.15) is 0 Å². The highest BCUT2D eigenvalue weighted by molar-refractivity contribution is 7.22. The Hall–Kier alpha value is -7.15. The number of nitrogens with zero attached hydrogens (tertiary/aromatic N) is 5. The lowest BCUT2D eigenvalue weighted by molar-refractivity contribution is 0.553. The lowest BCUT2D eigenvalue weighted by Gasteiger charge is -2.45. The van der Waals surface area contributed by atoms with Crippen molar-refractivity contribution in [3.05, 3.63) is 210 Å². The minimum Gasteiger partial charge on any atom is -0.314 e. The van der Waals surface area contributed by atoms with Crippen molar-refractivity contribution in [1.82, 2.24) is 19.5 Å². The molecule has 6 heteroatoms. The standard InChI is InChI=1S/C56H45N5S/c1-5-6-18-36(2)60-49-26-17-16-25-44(49)56(3,4)45-34-41(28-32-50(45)60)40-27-31-48-43(33-40)42-29-30-46-53(62-55(58-46)39-23-14-9-15-24-39)52(42)61(48)51-35-47(37-19-10-7-11-20-37)57-54(59-51)38-21-12-8-13-22-38/h5-33,35,41H,34H2,1-4H3/b6-5-,36-18+. The van der Waals surface area contributed by atoms with Gasteiger partial charge in [0.15, 0.2) is 5.82 Å². The molecule has 2 aliphatic rings. The number of benzene rings is 6. The lowest BCUT2D eigenvalue weighted by atomic mass is 9.68. The van der Waals surface area contributed by atoms with E-state index in [2.05, 4.69) is 195 Å². The summed E-state index contributed by atoms with van der Waals surface area (Å²) in [5.41, 5.74) is 14.9. The van der Waals surface area contributed by atoms with Crippen molar-refractivity contribution in [2.24, 2.45) is 0 Å². The number of para-hydroxylation sites is 1. The zero-order valence-electron chi connectivity index (χ0n) is 35.2. The van der Waals surface area contributed by atoms with Crippen LogP contribution in [0.2, 0.25) is 0 Å². The van der Waals surface area contributed by atoms with Crippen LogP contribution >= 0.6 is 11.3 Å². The van der Waals surface area contributed by atoms with E-state index in [1.165, 1.54) is 44.6 Å². The molecule has 1 aliphatic carbocycles. The number of allylic oxidation sites excluding steroid dienone is 7. The highest BCUT2D eigenvalue weighted by atomic mass is 32.1. The quantitative estimate of drug-likeness (QED) is 0.150. The Morgan fingerprint density at radius 2 is 1.44 bits per heavy atom. The Morgan fingerprint density at radius 3 is 2.19 bits per heavy atom. The molecule has 0 N–H and O–H groups in total. The zero-order valence-corrected chi connectivity index (χ0v) is 36.1. The molecule has 0 amide bonds. The van der Waals surface area contributed by atoms with Crippen LogP contribution in [0.1, 0.15) is 51.2 Å². The van der Waals surface area contributed by atoms with Gasteiger partial charge in [-0.1, -0.05) is 147 Å². The third-order valence-electron chi connectivity index (χ3n) is 12.7. The molecule has 300 valence electrons. The van der Waals surface area contributed by atoms with E-state index in [1.807, 2.05) is 24.3 Å². The molecule has 1 atom stereocenters. The fourth-order valence-corrected chi connectivity index (χ4v) is 10.7. The Morgan fingerprint density at radius 1 is 0.726 bits per heavy atom. The van der Waals surface area contributed by atoms with E-state index in [4.69, 9.17) is 15.0 Å². The van der Waals surface area contributed by atoms with Crippen LogP contribution in [0.25, 0.3) is 71.1 Å². The summed E-state index contributed by atoms with van der Waals surface area (Å²) in [6.45, 7) is 9.08. The summed E-state index contributed by atoms with van der Waals surface area (Å²) in [6.07, 6.45) is 12.2. The van der Waals surface area contributed by atoms with Gasteiger partial charge in [-0.25, -0.2) is 15.0 Å². The summed E-state index contributed by atoms with van der Waals surface area (Å²) in [5.74, 6) is 1.71. The van der Waals surface area contributed by atoms with Crippen LogP contribution in [0.3, 0.4) is 0 Å². The van der Waals surface area contributed by atoms with Crippen LogP contribution in [-0.4, -0.2) is 19.5 Å². The molecule has 9 aromatic rings. The molecule has 0 radical (unpaired) electrons. The van der Waals surface area contributed by atoms with Gasteiger partial charge in [0.1, 0.15) is 10.8 Å². The number of fused-ring (bicyclic) bond motifs is 6. The minimum absolute atomic E-state index is 0.138. The molecule has 4 heterocycles. The van der Waals surface area contributed by atoms with Crippen molar-refractivity contribution in [2.45, 2.75) is 45.4 Å². The van der Waals surface area contributed by atoms with Crippen LogP contribution in [0, 0.1) is 0 Å². The third kappa shape index (κ3) is 6.24. The first-order chi connectivity index (χ1) is 30.4. The Balaban J connectivity index is 1.11. The zero-order chi connectivity index (χ0) is 42.0. The number of hydrogen-bond acceptors (Lipinski definition) is 5. The molecule has 1 unspecified atom stereocenters. The van der Waals surface area contributed by atoms with Gasteiger partial charge in [-0.05, 0) is 79.5 Å². The summed E-state index contributed by atoms with van der Waals surface area (Å²) in [5, 5.41) is 3.38. The van der Waals surface area contributed by atoms with Gasteiger partial charge in [0.2, 0.25) is 0 Å². The smallest absolute Gasteiger partial charge is 0.162 e. The molecule has 0 bridgehead atoms. The maximum atomic E-state index is 5.38. The van der Waals surface area contributed by atoms with Crippen LogP contribution < -0.4 is 4.90 Å². The number of aromatic nitrogens is 4. The van der Waals surface area contributed by atoms with Crippen molar-refractivity contribution < 1.29 is 0 Å². The first kappa shape index (κ1) is 37.8. The summed E-state index contributed by atoms with van der Waals surface area (Å²) < 4.78 is 3.50. The Bertz CT molecular complexity index is 3260. The second-order valence-electron chi connectivity index (χ2n) is 16.8. The average Bonchev–Trinajstić information content (AvgIpc) is 3.91. The maximum absolute atomic E-state index is 5.38. The molecule has 0 fully saturated rings. The second-order valence-corrected chi connectivity index (χ2v) is 17.8. The van der Waals surface area contributed by atoms with E-state index in [-0.39, 0.29) is 11.3 Å². The molecular weight excluding hydrogens is 775 g/mol. The highest BCUT2D eigenvalue weighted by Gasteiger charge is 2.40. The van der Waals surface area contributed by atoms with E-state index in [1.54, 1.807) is 11.3 Å². The number of hydrogen-bond donors (Lipinski definition) is 0. The summed E-state index contributed by atoms with van der Waals surface area (Å²) >= 11 is 1.75. The normalized spacial score (nSPS) is 16.2. The summed E-state index contributed by atoms with van der Waals surface area (Å²) in [4.78, 5) is 18.2. The summed E-state index contributed by atoms with van der Waals surface area (Å²) in [6, 6.07) is 53.9. The minimum atomic E-state index is -0.138. The molecule has 6 aromatic carbocycles. The van der Waals surface area contributed by atoms with Gasteiger partial charge in [-0.3, -0.25) is 4.57 Å². The second kappa shape index (κ2) is 15.1. The van der Waals surface area contributed by atoms with E-state index >= 15 is 0 Å². The SMILES string of the molecule is C/C=C\C=C(/C)N1C2=C(CC(c3ccc4c(c3)c3ccc5nc(-c6ccccc6)sc5c3n4-c3cc(-c4ccccc4)nc(-c4ccccc4)n3)C=C2)C(C)(C)c2ccccc21. The molecule has 0 saturated carbocycles. The van der Waals surface area contributed by atoms with Gasteiger partial charge in [-0.15, -0.1) is 11.3 Å². The average molecular weight is 820 g/mol. The third-order valence-corrected chi connectivity index (χ3v) is 13.8. The molecule has 1 aliphatic heterocycles. The number of rotatable bonds is 7. The highest BCUT2D eigenvalue weighted by Crippen LogP contribution is 2.52. The fourth-order valence-electron chi connectivity index (χ4n) is 9.59. The van der Waals surface area contributed by atoms with Gasteiger partial charge in [0.25, 0.3) is 0 Å². The number of anilines is 1. The van der Waals surface area contributed by atoms with Crippen molar-refractivity contribution in [2.75, 3.05) is 4.90 Å². The van der Waals surface area contributed by atoms with Crippen molar-refractivity contribution in [3.63, 3.8) is 0 Å². The largest absolute Gasteiger partial charge is 0.314 e. The molecule has 3 aromatic heterocycles. The van der Waals surface area contributed by atoms with Gasteiger partial charge < -0.3 is 4.90 Å². The monoisotopic (exact) mass is 819 g/mol. The van der Waals surface area contributed by atoms with E-state index in [0.29, 0.717) is 5.82 Å².